The average molecular weight is 270 g/mol. The number of nitrogens with zero attached hydrogens (tertiary/aromatic N) is 3. The molecule has 0 saturated heterocycles. The van der Waals surface area contributed by atoms with Gasteiger partial charge < -0.3 is 4.74 Å². The van der Waals surface area contributed by atoms with E-state index in [0.717, 1.165) is 18.9 Å². The first kappa shape index (κ1) is 12.4. The van der Waals surface area contributed by atoms with Gasteiger partial charge in [0.2, 0.25) is 5.28 Å². The zero-order chi connectivity index (χ0) is 12.9. The molecule has 0 aromatic carbocycles. The average Bonchev–Trinajstić information content (AvgIpc) is 3.10. The predicted octanol–water partition coefficient (Wildman–Crippen LogP) is 3.19. The standard InChI is InChI=1S/C13H20ClN3O/c1-4-18-10-7-9(13(10,2)3)17-11(8-5-6-8)15-16-12(17)14/h8-10H,4-7H2,1-3H3. The molecule has 2 aliphatic carbocycles. The zero-order valence-electron chi connectivity index (χ0n) is 11.2. The lowest BCUT2D eigenvalue weighted by Gasteiger charge is -2.52. The van der Waals surface area contributed by atoms with Gasteiger partial charge in [0.15, 0.2) is 0 Å². The maximum Gasteiger partial charge on any atom is 0.225 e. The van der Waals surface area contributed by atoms with Gasteiger partial charge in [-0.2, -0.15) is 0 Å². The molecule has 2 fully saturated rings. The van der Waals surface area contributed by atoms with Crippen molar-refractivity contribution in [2.24, 2.45) is 5.41 Å². The number of rotatable bonds is 4. The fourth-order valence-corrected chi connectivity index (χ4v) is 3.22. The van der Waals surface area contributed by atoms with E-state index in [-0.39, 0.29) is 5.41 Å². The highest BCUT2D eigenvalue weighted by Gasteiger charge is 2.52. The second kappa shape index (κ2) is 4.20. The topological polar surface area (TPSA) is 39.9 Å². The van der Waals surface area contributed by atoms with Crippen LogP contribution >= 0.6 is 11.6 Å². The van der Waals surface area contributed by atoms with Gasteiger partial charge in [-0.25, -0.2) is 0 Å². The molecule has 0 radical (unpaired) electrons. The fourth-order valence-electron chi connectivity index (χ4n) is 2.98. The SMILES string of the molecule is CCOC1CC(n2c(Cl)nnc2C2CC2)C1(C)C. The molecule has 5 heteroatoms. The lowest BCUT2D eigenvalue weighted by molar-refractivity contribution is -0.128. The Morgan fingerprint density at radius 2 is 2.11 bits per heavy atom. The number of halogens is 1. The maximum absolute atomic E-state index is 6.22. The van der Waals surface area contributed by atoms with Crippen LogP contribution in [0.25, 0.3) is 0 Å². The van der Waals surface area contributed by atoms with Gasteiger partial charge in [-0.05, 0) is 37.8 Å². The molecule has 2 unspecified atom stereocenters. The van der Waals surface area contributed by atoms with Crippen molar-refractivity contribution < 1.29 is 4.74 Å². The first-order valence-electron chi connectivity index (χ1n) is 6.77. The van der Waals surface area contributed by atoms with Crippen molar-refractivity contribution in [3.8, 4) is 0 Å². The summed E-state index contributed by atoms with van der Waals surface area (Å²) in [6.07, 6.45) is 3.77. The number of aromatic nitrogens is 3. The van der Waals surface area contributed by atoms with Gasteiger partial charge in [0, 0.05) is 24.0 Å². The Balaban J connectivity index is 1.86. The number of hydrogen-bond acceptors (Lipinski definition) is 3. The number of ether oxygens (including phenoxy) is 1. The number of hydrogen-bond donors (Lipinski definition) is 0. The minimum Gasteiger partial charge on any atom is -0.378 e. The summed E-state index contributed by atoms with van der Waals surface area (Å²) in [5, 5.41) is 8.84. The van der Waals surface area contributed by atoms with Crippen LogP contribution in [0.5, 0.6) is 0 Å². The summed E-state index contributed by atoms with van der Waals surface area (Å²) in [5.74, 6) is 1.65. The van der Waals surface area contributed by atoms with Crippen LogP contribution in [0.15, 0.2) is 0 Å². The summed E-state index contributed by atoms with van der Waals surface area (Å²) in [6.45, 7) is 7.31. The van der Waals surface area contributed by atoms with Gasteiger partial charge in [0.05, 0.1) is 6.10 Å². The second-order valence-electron chi connectivity index (χ2n) is 5.99. The van der Waals surface area contributed by atoms with Crippen molar-refractivity contribution in [3.05, 3.63) is 11.1 Å². The van der Waals surface area contributed by atoms with E-state index in [4.69, 9.17) is 16.3 Å². The van der Waals surface area contributed by atoms with Crippen LogP contribution in [-0.2, 0) is 4.74 Å². The van der Waals surface area contributed by atoms with E-state index in [9.17, 15) is 0 Å². The molecular formula is C13H20ClN3O. The molecule has 1 aromatic rings. The van der Waals surface area contributed by atoms with Crippen molar-refractivity contribution in [1.29, 1.82) is 0 Å². The van der Waals surface area contributed by atoms with Gasteiger partial charge in [-0.1, -0.05) is 13.8 Å². The fraction of sp³-hybridized carbons (Fsp3) is 0.846. The first-order chi connectivity index (χ1) is 8.55. The summed E-state index contributed by atoms with van der Waals surface area (Å²) < 4.78 is 7.93. The largest absolute Gasteiger partial charge is 0.378 e. The summed E-state index contributed by atoms with van der Waals surface area (Å²) >= 11 is 6.22. The molecule has 2 aliphatic rings. The van der Waals surface area contributed by atoms with E-state index in [1.54, 1.807) is 0 Å². The van der Waals surface area contributed by atoms with Gasteiger partial charge in [0.1, 0.15) is 5.82 Å². The van der Waals surface area contributed by atoms with E-state index in [1.807, 2.05) is 6.92 Å². The third-order valence-electron chi connectivity index (χ3n) is 4.43. The third kappa shape index (κ3) is 1.77. The highest BCUT2D eigenvalue weighted by Crippen LogP contribution is 2.54. The molecule has 4 nitrogen and oxygen atoms in total. The lowest BCUT2D eigenvalue weighted by Crippen LogP contribution is -2.51. The van der Waals surface area contributed by atoms with Crippen molar-refractivity contribution in [3.63, 3.8) is 0 Å². The molecule has 100 valence electrons. The Morgan fingerprint density at radius 1 is 1.39 bits per heavy atom. The van der Waals surface area contributed by atoms with E-state index in [1.165, 1.54) is 12.8 Å². The first-order valence-corrected chi connectivity index (χ1v) is 7.15. The quantitative estimate of drug-likeness (QED) is 0.843. The van der Waals surface area contributed by atoms with Crippen LogP contribution in [0.2, 0.25) is 5.28 Å². The van der Waals surface area contributed by atoms with Crippen LogP contribution in [0.4, 0.5) is 0 Å². The summed E-state index contributed by atoms with van der Waals surface area (Å²) in [5.41, 5.74) is 0.103. The Kier molecular flexibility index (Phi) is 2.90. The molecule has 1 aromatic heterocycles. The van der Waals surface area contributed by atoms with E-state index < -0.39 is 0 Å². The van der Waals surface area contributed by atoms with Gasteiger partial charge in [-0.3, -0.25) is 4.57 Å². The molecule has 0 amide bonds. The summed E-state index contributed by atoms with van der Waals surface area (Å²) in [6, 6.07) is 0.368. The van der Waals surface area contributed by atoms with E-state index >= 15 is 0 Å². The normalized spacial score (nSPS) is 30.2. The van der Waals surface area contributed by atoms with E-state index in [0.29, 0.717) is 23.3 Å². The Labute approximate surface area is 113 Å². The molecule has 0 bridgehead atoms. The molecular weight excluding hydrogens is 250 g/mol. The van der Waals surface area contributed by atoms with Gasteiger partial charge in [-0.15, -0.1) is 10.2 Å². The summed E-state index contributed by atoms with van der Waals surface area (Å²) in [4.78, 5) is 0. The second-order valence-corrected chi connectivity index (χ2v) is 6.33. The third-order valence-corrected chi connectivity index (χ3v) is 4.69. The molecule has 0 N–H and O–H groups in total. The van der Waals surface area contributed by atoms with Crippen molar-refractivity contribution >= 4 is 11.6 Å². The van der Waals surface area contributed by atoms with Crippen molar-refractivity contribution in [2.45, 2.75) is 58.1 Å². The van der Waals surface area contributed by atoms with Crippen LogP contribution in [0, 0.1) is 5.41 Å². The zero-order valence-corrected chi connectivity index (χ0v) is 11.9. The monoisotopic (exact) mass is 269 g/mol. The van der Waals surface area contributed by atoms with Gasteiger partial charge >= 0.3 is 0 Å². The molecule has 2 saturated carbocycles. The highest BCUT2D eigenvalue weighted by molar-refractivity contribution is 6.28. The Bertz CT molecular complexity index is 453. The molecule has 1 heterocycles. The summed E-state index contributed by atoms with van der Waals surface area (Å²) in [7, 11) is 0. The minimum atomic E-state index is 0.103. The molecule has 0 spiro atoms. The lowest BCUT2D eigenvalue weighted by atomic mass is 9.64. The molecule has 2 atom stereocenters. The van der Waals surface area contributed by atoms with Crippen molar-refractivity contribution in [1.82, 2.24) is 14.8 Å². The Morgan fingerprint density at radius 3 is 2.67 bits per heavy atom. The molecule has 0 aliphatic heterocycles. The van der Waals surface area contributed by atoms with Gasteiger partial charge in [0.25, 0.3) is 0 Å². The molecule has 3 rings (SSSR count). The smallest absolute Gasteiger partial charge is 0.225 e. The van der Waals surface area contributed by atoms with Crippen LogP contribution in [0.1, 0.15) is 57.8 Å². The van der Waals surface area contributed by atoms with Crippen LogP contribution < -0.4 is 0 Å². The predicted molar refractivity (Wildman–Crippen MR) is 69.9 cm³/mol. The highest BCUT2D eigenvalue weighted by atomic mass is 35.5. The van der Waals surface area contributed by atoms with Crippen LogP contribution in [-0.4, -0.2) is 27.5 Å². The van der Waals surface area contributed by atoms with Crippen LogP contribution in [0.3, 0.4) is 0 Å². The van der Waals surface area contributed by atoms with E-state index in [2.05, 4.69) is 28.6 Å². The maximum atomic E-state index is 6.22. The molecule has 18 heavy (non-hydrogen) atoms. The van der Waals surface area contributed by atoms with Crippen molar-refractivity contribution in [2.75, 3.05) is 6.61 Å². The minimum absolute atomic E-state index is 0.103. The Hall–Kier alpha value is -0.610.